The molecule has 178 valence electrons. The number of piperidine rings is 1. The number of para-hydroxylation sites is 1. The zero-order valence-electron chi connectivity index (χ0n) is 19.0. The Morgan fingerprint density at radius 2 is 1.79 bits per heavy atom. The SMILES string of the molecule is CN=C(NCC1CCN(Cc2ccccc2F)CC1)NCC1CC(=O)Nc2ccccc21.I. The van der Waals surface area contributed by atoms with Crippen LogP contribution in [-0.2, 0) is 11.3 Å². The summed E-state index contributed by atoms with van der Waals surface area (Å²) in [6, 6.07) is 15.0. The summed E-state index contributed by atoms with van der Waals surface area (Å²) in [4.78, 5) is 18.7. The Hall–Kier alpha value is -2.20. The number of fused-ring (bicyclic) bond motifs is 1. The zero-order valence-corrected chi connectivity index (χ0v) is 21.3. The highest BCUT2D eigenvalue weighted by molar-refractivity contribution is 14.0. The smallest absolute Gasteiger partial charge is 0.225 e. The van der Waals surface area contributed by atoms with Gasteiger partial charge in [0.2, 0.25) is 5.91 Å². The number of carbonyl (C=O) groups excluding carboxylic acids is 1. The van der Waals surface area contributed by atoms with Gasteiger partial charge in [-0.05, 0) is 49.5 Å². The van der Waals surface area contributed by atoms with Gasteiger partial charge in [-0.2, -0.15) is 0 Å². The number of nitrogens with zero attached hydrogens (tertiary/aromatic N) is 2. The highest BCUT2D eigenvalue weighted by Crippen LogP contribution is 2.31. The number of benzene rings is 2. The van der Waals surface area contributed by atoms with Crippen LogP contribution in [0.1, 0.15) is 36.3 Å². The first-order valence-corrected chi connectivity index (χ1v) is 11.4. The fraction of sp³-hybridized carbons (Fsp3) is 0.440. The number of hydrogen-bond acceptors (Lipinski definition) is 3. The summed E-state index contributed by atoms with van der Waals surface area (Å²) >= 11 is 0. The lowest BCUT2D eigenvalue weighted by Crippen LogP contribution is -2.44. The van der Waals surface area contributed by atoms with Gasteiger partial charge in [-0.3, -0.25) is 14.7 Å². The average Bonchev–Trinajstić information content (AvgIpc) is 2.81. The Labute approximate surface area is 212 Å². The van der Waals surface area contributed by atoms with Crippen molar-refractivity contribution in [2.75, 3.05) is 38.5 Å². The van der Waals surface area contributed by atoms with Crippen LogP contribution < -0.4 is 16.0 Å². The van der Waals surface area contributed by atoms with E-state index in [1.807, 2.05) is 30.3 Å². The van der Waals surface area contributed by atoms with Crippen molar-refractivity contribution in [2.45, 2.75) is 31.7 Å². The van der Waals surface area contributed by atoms with Crippen LogP contribution in [0.25, 0.3) is 0 Å². The number of carbonyl (C=O) groups is 1. The van der Waals surface area contributed by atoms with Gasteiger partial charge in [0.1, 0.15) is 5.82 Å². The van der Waals surface area contributed by atoms with E-state index in [9.17, 15) is 9.18 Å². The van der Waals surface area contributed by atoms with Gasteiger partial charge >= 0.3 is 0 Å². The van der Waals surface area contributed by atoms with Crippen molar-refractivity contribution in [3.8, 4) is 0 Å². The van der Waals surface area contributed by atoms with Crippen molar-refractivity contribution in [2.24, 2.45) is 10.9 Å². The summed E-state index contributed by atoms with van der Waals surface area (Å²) in [5.74, 6) is 1.39. The van der Waals surface area contributed by atoms with E-state index in [1.54, 1.807) is 13.1 Å². The second-order valence-electron chi connectivity index (χ2n) is 8.68. The second kappa shape index (κ2) is 12.3. The molecule has 2 aromatic rings. The molecule has 0 spiro atoms. The van der Waals surface area contributed by atoms with E-state index in [0.717, 1.165) is 55.2 Å². The van der Waals surface area contributed by atoms with Gasteiger partial charge in [-0.1, -0.05) is 36.4 Å². The molecule has 1 atom stereocenters. The van der Waals surface area contributed by atoms with Crippen molar-refractivity contribution in [3.63, 3.8) is 0 Å². The Balaban J connectivity index is 0.00000306. The number of halogens is 2. The third-order valence-corrected chi connectivity index (χ3v) is 6.46. The van der Waals surface area contributed by atoms with Crippen LogP contribution in [0.2, 0.25) is 0 Å². The summed E-state index contributed by atoms with van der Waals surface area (Å²) in [5.41, 5.74) is 2.84. The third-order valence-electron chi connectivity index (χ3n) is 6.46. The lowest BCUT2D eigenvalue weighted by Gasteiger charge is -2.32. The topological polar surface area (TPSA) is 68.8 Å². The van der Waals surface area contributed by atoms with Crippen LogP contribution in [0.5, 0.6) is 0 Å². The van der Waals surface area contributed by atoms with Gasteiger partial charge in [0, 0.05) is 50.3 Å². The van der Waals surface area contributed by atoms with E-state index in [1.165, 1.54) is 6.07 Å². The Bertz CT molecular complexity index is 961. The van der Waals surface area contributed by atoms with Crippen molar-refractivity contribution < 1.29 is 9.18 Å². The predicted molar refractivity (Wildman–Crippen MR) is 142 cm³/mol. The summed E-state index contributed by atoms with van der Waals surface area (Å²) in [5, 5.41) is 9.79. The van der Waals surface area contributed by atoms with Gasteiger partial charge in [0.05, 0.1) is 0 Å². The fourth-order valence-corrected chi connectivity index (χ4v) is 4.58. The number of likely N-dealkylation sites (tertiary alicyclic amines) is 1. The van der Waals surface area contributed by atoms with Gasteiger partial charge in [-0.25, -0.2) is 4.39 Å². The molecule has 4 rings (SSSR count). The minimum atomic E-state index is -0.121. The van der Waals surface area contributed by atoms with Gasteiger partial charge in [0.15, 0.2) is 5.96 Å². The van der Waals surface area contributed by atoms with Crippen molar-refractivity contribution in [3.05, 3.63) is 65.5 Å². The largest absolute Gasteiger partial charge is 0.356 e. The van der Waals surface area contributed by atoms with Gasteiger partial charge in [0.25, 0.3) is 0 Å². The highest BCUT2D eigenvalue weighted by atomic mass is 127. The number of guanidine groups is 1. The molecule has 8 heteroatoms. The normalized spacial score (nSPS) is 19.3. The van der Waals surface area contributed by atoms with Crippen LogP contribution in [-0.4, -0.2) is 50.0 Å². The molecule has 2 heterocycles. The molecule has 2 aliphatic heterocycles. The molecule has 0 aromatic heterocycles. The van der Waals surface area contributed by atoms with E-state index in [-0.39, 0.29) is 41.6 Å². The van der Waals surface area contributed by atoms with E-state index in [4.69, 9.17) is 0 Å². The first-order chi connectivity index (χ1) is 15.6. The maximum absolute atomic E-state index is 13.9. The Morgan fingerprint density at radius 1 is 1.09 bits per heavy atom. The number of anilines is 1. The average molecular weight is 565 g/mol. The van der Waals surface area contributed by atoms with Crippen molar-refractivity contribution >= 4 is 41.5 Å². The number of aliphatic imine (C=N–C) groups is 1. The van der Waals surface area contributed by atoms with Gasteiger partial charge in [-0.15, -0.1) is 24.0 Å². The number of nitrogens with one attached hydrogen (secondary N) is 3. The molecular formula is C25H33FIN5O. The molecule has 1 amide bonds. The molecule has 6 nitrogen and oxygen atoms in total. The first-order valence-electron chi connectivity index (χ1n) is 11.4. The summed E-state index contributed by atoms with van der Waals surface area (Å²) in [6.45, 7) is 4.13. The number of hydrogen-bond donors (Lipinski definition) is 3. The predicted octanol–water partition coefficient (Wildman–Crippen LogP) is 3.95. The van der Waals surface area contributed by atoms with Gasteiger partial charge < -0.3 is 16.0 Å². The quantitative estimate of drug-likeness (QED) is 0.282. The summed E-state index contributed by atoms with van der Waals surface area (Å²) in [7, 11) is 1.77. The fourth-order valence-electron chi connectivity index (χ4n) is 4.58. The molecule has 33 heavy (non-hydrogen) atoms. The van der Waals surface area contributed by atoms with Crippen LogP contribution in [0.15, 0.2) is 53.5 Å². The van der Waals surface area contributed by atoms with Crippen LogP contribution in [0, 0.1) is 11.7 Å². The number of amides is 1. The molecule has 0 saturated carbocycles. The number of rotatable bonds is 6. The molecule has 0 radical (unpaired) electrons. The van der Waals surface area contributed by atoms with E-state index >= 15 is 0 Å². The van der Waals surface area contributed by atoms with Crippen molar-refractivity contribution in [1.82, 2.24) is 15.5 Å². The molecule has 0 bridgehead atoms. The van der Waals surface area contributed by atoms with E-state index in [2.05, 4.69) is 31.9 Å². The first kappa shape index (κ1) is 25.4. The molecule has 2 aromatic carbocycles. The van der Waals surface area contributed by atoms with Crippen LogP contribution in [0.4, 0.5) is 10.1 Å². The second-order valence-corrected chi connectivity index (χ2v) is 8.68. The molecule has 1 fully saturated rings. The van der Waals surface area contributed by atoms with E-state index in [0.29, 0.717) is 25.4 Å². The molecule has 1 unspecified atom stereocenters. The van der Waals surface area contributed by atoms with Crippen LogP contribution in [0.3, 0.4) is 0 Å². The third kappa shape index (κ3) is 6.89. The monoisotopic (exact) mass is 565 g/mol. The Morgan fingerprint density at radius 3 is 2.55 bits per heavy atom. The van der Waals surface area contributed by atoms with E-state index < -0.39 is 0 Å². The Kier molecular flexibility index (Phi) is 9.49. The highest BCUT2D eigenvalue weighted by Gasteiger charge is 2.25. The molecule has 2 aliphatic rings. The lowest BCUT2D eigenvalue weighted by atomic mass is 9.90. The maximum atomic E-state index is 13.9. The van der Waals surface area contributed by atoms with Crippen molar-refractivity contribution in [1.29, 1.82) is 0 Å². The molecule has 0 aliphatic carbocycles. The molecular weight excluding hydrogens is 532 g/mol. The minimum absolute atomic E-state index is 0. The maximum Gasteiger partial charge on any atom is 0.225 e. The lowest BCUT2D eigenvalue weighted by molar-refractivity contribution is -0.116. The summed E-state index contributed by atoms with van der Waals surface area (Å²) in [6.07, 6.45) is 2.63. The van der Waals surface area contributed by atoms with Crippen LogP contribution >= 0.6 is 24.0 Å². The zero-order chi connectivity index (χ0) is 22.3. The summed E-state index contributed by atoms with van der Waals surface area (Å²) < 4.78 is 13.9. The molecule has 1 saturated heterocycles. The minimum Gasteiger partial charge on any atom is -0.356 e. The molecule has 3 N–H and O–H groups in total. The standard InChI is InChI=1S/C25H32FN5O.HI/c1-27-25(29-16-20-14-24(32)30-23-9-5-3-7-21(20)23)28-15-18-10-12-31(13-11-18)17-19-6-2-4-8-22(19)26;/h2-9,18,20H,10-17H2,1H3,(H,30,32)(H2,27,28,29);1H.